The molecule has 2 aromatic rings. The summed E-state index contributed by atoms with van der Waals surface area (Å²) in [5.74, 6) is -0.838. The highest BCUT2D eigenvalue weighted by atomic mass is 32.1. The Morgan fingerprint density at radius 2 is 1.91 bits per heavy atom. The first-order chi connectivity index (χ1) is 10.4. The molecule has 0 atom stereocenters. The number of phenols is 1. The second kappa shape index (κ2) is 6.62. The van der Waals surface area contributed by atoms with Gasteiger partial charge in [-0.3, -0.25) is 4.79 Å². The summed E-state index contributed by atoms with van der Waals surface area (Å²) in [5, 5.41) is 9.76. The number of ketones is 1. The number of Topliss-reactive ketones (excluding diaryl/α,β-unsaturated/α-hetero) is 1. The van der Waals surface area contributed by atoms with Gasteiger partial charge in [-0.15, -0.1) is 11.3 Å². The van der Waals surface area contributed by atoms with Crippen LogP contribution in [-0.2, 0) is 4.74 Å². The third-order valence-corrected chi connectivity index (χ3v) is 4.07. The standard InChI is InChI=1S/C16H16O5S/c1-9-6-13(10(2)22-9)15(18)8-21-16(19)12-5-4-11(20-3)7-14(12)17/h4-7,17H,8H2,1-3H3. The minimum Gasteiger partial charge on any atom is -0.507 e. The molecule has 1 N–H and O–H groups in total. The molecule has 0 unspecified atom stereocenters. The van der Waals surface area contributed by atoms with Crippen LogP contribution in [0, 0.1) is 13.8 Å². The van der Waals surface area contributed by atoms with Gasteiger partial charge < -0.3 is 14.6 Å². The Kier molecular flexibility index (Phi) is 4.82. The minimum absolute atomic E-state index is 0.00757. The zero-order valence-electron chi connectivity index (χ0n) is 12.5. The van der Waals surface area contributed by atoms with Crippen LogP contribution in [0.3, 0.4) is 0 Å². The SMILES string of the molecule is COc1ccc(C(=O)OCC(=O)c2cc(C)sc2C)c(O)c1. The second-order valence-electron chi connectivity index (χ2n) is 4.71. The number of thiophene rings is 1. The summed E-state index contributed by atoms with van der Waals surface area (Å²) >= 11 is 1.52. The van der Waals surface area contributed by atoms with Gasteiger partial charge in [0.1, 0.15) is 17.1 Å². The van der Waals surface area contributed by atoms with Gasteiger partial charge in [0.15, 0.2) is 6.61 Å². The van der Waals surface area contributed by atoms with E-state index in [1.54, 1.807) is 6.07 Å². The van der Waals surface area contributed by atoms with Crippen LogP contribution < -0.4 is 4.74 Å². The quantitative estimate of drug-likeness (QED) is 0.677. The van der Waals surface area contributed by atoms with E-state index >= 15 is 0 Å². The summed E-state index contributed by atoms with van der Waals surface area (Å²) in [6.07, 6.45) is 0. The van der Waals surface area contributed by atoms with Crippen LogP contribution in [0.25, 0.3) is 0 Å². The predicted molar refractivity (Wildman–Crippen MR) is 83.1 cm³/mol. The van der Waals surface area contributed by atoms with Crippen molar-refractivity contribution in [1.29, 1.82) is 0 Å². The third-order valence-electron chi connectivity index (χ3n) is 3.10. The van der Waals surface area contributed by atoms with Gasteiger partial charge >= 0.3 is 5.97 Å². The van der Waals surface area contributed by atoms with Gasteiger partial charge in [0.05, 0.1) is 7.11 Å². The molecule has 0 saturated heterocycles. The highest BCUT2D eigenvalue weighted by Crippen LogP contribution is 2.24. The predicted octanol–water partition coefficient (Wildman–Crippen LogP) is 3.12. The number of ether oxygens (including phenoxy) is 2. The fourth-order valence-electron chi connectivity index (χ4n) is 2.01. The molecular weight excluding hydrogens is 304 g/mol. The monoisotopic (exact) mass is 320 g/mol. The van der Waals surface area contributed by atoms with E-state index in [1.807, 2.05) is 13.8 Å². The van der Waals surface area contributed by atoms with E-state index < -0.39 is 5.97 Å². The van der Waals surface area contributed by atoms with Gasteiger partial charge in [-0.2, -0.15) is 0 Å². The molecule has 1 aromatic carbocycles. The van der Waals surface area contributed by atoms with Crippen LogP contribution >= 0.6 is 11.3 Å². The normalized spacial score (nSPS) is 10.3. The lowest BCUT2D eigenvalue weighted by Gasteiger charge is -2.07. The van der Waals surface area contributed by atoms with Crippen LogP contribution in [0.1, 0.15) is 30.5 Å². The fourth-order valence-corrected chi connectivity index (χ4v) is 2.95. The first kappa shape index (κ1) is 16.0. The molecule has 0 aliphatic heterocycles. The van der Waals surface area contributed by atoms with Crippen LogP contribution in [0.4, 0.5) is 0 Å². The van der Waals surface area contributed by atoms with E-state index in [-0.39, 0.29) is 23.7 Å². The number of carbonyl (C=O) groups excluding carboxylic acids is 2. The Bertz CT molecular complexity index is 717. The van der Waals surface area contributed by atoms with Crippen molar-refractivity contribution >= 4 is 23.1 Å². The van der Waals surface area contributed by atoms with Gasteiger partial charge in [-0.1, -0.05) is 0 Å². The lowest BCUT2D eigenvalue weighted by Crippen LogP contribution is -2.14. The number of carbonyl (C=O) groups is 2. The van der Waals surface area contributed by atoms with Crippen molar-refractivity contribution in [1.82, 2.24) is 0 Å². The molecule has 0 spiro atoms. The summed E-state index contributed by atoms with van der Waals surface area (Å²) in [6.45, 7) is 3.40. The van der Waals surface area contributed by atoms with Gasteiger partial charge in [-0.05, 0) is 32.0 Å². The molecule has 116 valence electrons. The number of phenolic OH excluding ortho intramolecular Hbond substituents is 1. The maximum atomic E-state index is 12.0. The maximum Gasteiger partial charge on any atom is 0.342 e. The number of hydrogen-bond donors (Lipinski definition) is 1. The molecule has 0 aliphatic carbocycles. The Balaban J connectivity index is 2.04. The molecule has 6 heteroatoms. The largest absolute Gasteiger partial charge is 0.507 e. The lowest BCUT2D eigenvalue weighted by atomic mass is 10.1. The molecule has 0 radical (unpaired) electrons. The van der Waals surface area contributed by atoms with Crippen molar-refractivity contribution in [2.24, 2.45) is 0 Å². The summed E-state index contributed by atoms with van der Waals surface area (Å²) in [7, 11) is 1.45. The molecule has 0 saturated carbocycles. The second-order valence-corrected chi connectivity index (χ2v) is 6.17. The van der Waals surface area contributed by atoms with Gasteiger partial charge in [0.25, 0.3) is 0 Å². The van der Waals surface area contributed by atoms with E-state index in [0.29, 0.717) is 11.3 Å². The molecule has 1 heterocycles. The molecule has 0 amide bonds. The Morgan fingerprint density at radius 3 is 2.45 bits per heavy atom. The third kappa shape index (κ3) is 3.46. The number of hydrogen-bond acceptors (Lipinski definition) is 6. The molecule has 0 bridgehead atoms. The number of aryl methyl sites for hydroxylation is 2. The van der Waals surface area contributed by atoms with Crippen molar-refractivity contribution < 1.29 is 24.2 Å². The summed E-state index contributed by atoms with van der Waals surface area (Å²) in [4.78, 5) is 25.9. The Morgan fingerprint density at radius 1 is 1.18 bits per heavy atom. The van der Waals surface area contributed by atoms with Crippen LogP contribution in [0.5, 0.6) is 11.5 Å². The molecule has 0 fully saturated rings. The minimum atomic E-state index is -0.752. The van der Waals surface area contributed by atoms with E-state index in [0.717, 1.165) is 9.75 Å². The van der Waals surface area contributed by atoms with E-state index in [4.69, 9.17) is 9.47 Å². The molecule has 0 aliphatic rings. The zero-order chi connectivity index (χ0) is 16.3. The number of esters is 1. The number of aromatic hydroxyl groups is 1. The Hall–Kier alpha value is -2.34. The van der Waals surface area contributed by atoms with Gasteiger partial charge in [-0.25, -0.2) is 4.79 Å². The van der Waals surface area contributed by atoms with Crippen molar-refractivity contribution in [2.45, 2.75) is 13.8 Å². The molecule has 2 rings (SSSR count). The highest BCUT2D eigenvalue weighted by Gasteiger charge is 2.17. The smallest absolute Gasteiger partial charge is 0.342 e. The first-order valence-corrected chi connectivity index (χ1v) is 7.38. The van der Waals surface area contributed by atoms with Crippen LogP contribution in [0.2, 0.25) is 0 Å². The van der Waals surface area contributed by atoms with Crippen molar-refractivity contribution in [3.63, 3.8) is 0 Å². The average molecular weight is 320 g/mol. The molecule has 1 aromatic heterocycles. The van der Waals surface area contributed by atoms with Crippen molar-refractivity contribution in [3.8, 4) is 11.5 Å². The van der Waals surface area contributed by atoms with E-state index in [1.165, 1.54) is 36.6 Å². The summed E-state index contributed by atoms with van der Waals surface area (Å²) in [6, 6.07) is 6.01. The number of rotatable bonds is 5. The van der Waals surface area contributed by atoms with Gasteiger partial charge in [0.2, 0.25) is 5.78 Å². The first-order valence-electron chi connectivity index (χ1n) is 6.56. The highest BCUT2D eigenvalue weighted by molar-refractivity contribution is 7.12. The molecule has 5 nitrogen and oxygen atoms in total. The van der Waals surface area contributed by atoms with Crippen LogP contribution in [0.15, 0.2) is 24.3 Å². The topological polar surface area (TPSA) is 72.8 Å². The molecule has 22 heavy (non-hydrogen) atoms. The average Bonchev–Trinajstić information content (AvgIpc) is 2.83. The van der Waals surface area contributed by atoms with Crippen LogP contribution in [-0.4, -0.2) is 30.6 Å². The summed E-state index contributed by atoms with van der Waals surface area (Å²) in [5.41, 5.74) is 0.557. The Labute approximate surface area is 132 Å². The fraction of sp³-hybridized carbons (Fsp3) is 0.250. The maximum absolute atomic E-state index is 12.0. The summed E-state index contributed by atoms with van der Waals surface area (Å²) < 4.78 is 9.91. The van der Waals surface area contributed by atoms with Crippen molar-refractivity contribution in [3.05, 3.63) is 45.1 Å². The lowest BCUT2D eigenvalue weighted by molar-refractivity contribution is 0.0471. The van der Waals surface area contributed by atoms with E-state index in [2.05, 4.69) is 0 Å². The molecular formula is C16H16O5S. The number of methoxy groups -OCH3 is 1. The number of benzene rings is 1. The van der Waals surface area contributed by atoms with Gasteiger partial charge in [0, 0.05) is 21.4 Å². The van der Waals surface area contributed by atoms with Crippen molar-refractivity contribution in [2.75, 3.05) is 13.7 Å². The van der Waals surface area contributed by atoms with E-state index in [9.17, 15) is 14.7 Å². The zero-order valence-corrected chi connectivity index (χ0v) is 13.3.